The van der Waals surface area contributed by atoms with Gasteiger partial charge in [0.2, 0.25) is 5.75 Å². The zero-order valence-corrected chi connectivity index (χ0v) is 16.0. The number of nitrogens with one attached hydrogen (secondary N) is 1. The van der Waals surface area contributed by atoms with Gasteiger partial charge in [0.15, 0.2) is 11.5 Å². The highest BCUT2D eigenvalue weighted by molar-refractivity contribution is 5.78. The lowest BCUT2D eigenvalue weighted by molar-refractivity contribution is 0.324. The molecule has 0 aliphatic rings. The number of rotatable bonds is 7. The molecule has 0 amide bonds. The van der Waals surface area contributed by atoms with Crippen molar-refractivity contribution >= 4 is 23.7 Å². The zero-order valence-electron chi connectivity index (χ0n) is 16.0. The van der Waals surface area contributed by atoms with E-state index in [2.05, 4.69) is 10.3 Å². The van der Waals surface area contributed by atoms with Gasteiger partial charge in [0.1, 0.15) is 11.6 Å². The molecule has 3 aromatic rings. The van der Waals surface area contributed by atoms with Crippen LogP contribution in [0.3, 0.4) is 0 Å². The predicted octanol–water partition coefficient (Wildman–Crippen LogP) is 4.73. The summed E-state index contributed by atoms with van der Waals surface area (Å²) in [6.07, 6.45) is 5.62. The molecule has 0 atom stereocenters. The lowest BCUT2D eigenvalue weighted by atomic mass is 10.1. The molecule has 0 aliphatic carbocycles. The summed E-state index contributed by atoms with van der Waals surface area (Å²) >= 11 is 0. The van der Waals surface area contributed by atoms with E-state index in [1.807, 2.05) is 36.4 Å². The summed E-state index contributed by atoms with van der Waals surface area (Å²) in [4.78, 5) is 4.41. The van der Waals surface area contributed by atoms with Gasteiger partial charge in [0.25, 0.3) is 0 Å². The lowest BCUT2D eigenvalue weighted by Crippen LogP contribution is -1.96. The zero-order chi connectivity index (χ0) is 19.9. The molecule has 0 saturated carbocycles. The summed E-state index contributed by atoms with van der Waals surface area (Å²) in [5.74, 6) is 2.66. The number of methoxy groups -OCH3 is 3. The van der Waals surface area contributed by atoms with E-state index in [9.17, 15) is 5.11 Å². The molecule has 0 unspecified atom stereocenters. The normalized spacial score (nSPS) is 10.7. The molecule has 2 aromatic carbocycles. The van der Waals surface area contributed by atoms with Crippen LogP contribution in [0.5, 0.6) is 23.0 Å². The average molecular weight is 378 g/mol. The minimum Gasteiger partial charge on any atom is -0.508 e. The Hall–Kier alpha value is -3.67. The molecule has 3 rings (SSSR count). The monoisotopic (exact) mass is 378 g/mol. The number of anilines is 2. The van der Waals surface area contributed by atoms with Crippen LogP contribution in [-0.4, -0.2) is 31.4 Å². The molecule has 1 aromatic heterocycles. The highest BCUT2D eigenvalue weighted by Gasteiger charge is 2.12. The number of benzene rings is 2. The first kappa shape index (κ1) is 19.1. The molecule has 0 bridgehead atoms. The first-order chi connectivity index (χ1) is 13.6. The van der Waals surface area contributed by atoms with Gasteiger partial charge in [-0.2, -0.15) is 0 Å². The van der Waals surface area contributed by atoms with E-state index in [1.54, 1.807) is 51.8 Å². The van der Waals surface area contributed by atoms with Crippen molar-refractivity contribution in [3.05, 3.63) is 65.9 Å². The second-order valence-corrected chi connectivity index (χ2v) is 5.91. The molecule has 0 spiro atoms. The van der Waals surface area contributed by atoms with Gasteiger partial charge < -0.3 is 24.6 Å². The molecule has 6 heteroatoms. The molecule has 0 fully saturated rings. The van der Waals surface area contributed by atoms with Crippen LogP contribution in [-0.2, 0) is 0 Å². The van der Waals surface area contributed by atoms with Crippen LogP contribution in [0, 0.1) is 0 Å². The van der Waals surface area contributed by atoms with Crippen LogP contribution in [0.25, 0.3) is 12.2 Å². The van der Waals surface area contributed by atoms with Crippen molar-refractivity contribution in [2.24, 2.45) is 0 Å². The molecule has 0 aliphatic heterocycles. The van der Waals surface area contributed by atoms with Gasteiger partial charge in [-0.25, -0.2) is 4.98 Å². The number of phenolic OH excluding ortho intramolecular Hbond substituents is 1. The van der Waals surface area contributed by atoms with E-state index in [0.717, 1.165) is 16.8 Å². The predicted molar refractivity (Wildman–Crippen MR) is 111 cm³/mol. The van der Waals surface area contributed by atoms with Gasteiger partial charge in [-0.05, 0) is 54.1 Å². The van der Waals surface area contributed by atoms with Gasteiger partial charge in [-0.15, -0.1) is 0 Å². The molecule has 28 heavy (non-hydrogen) atoms. The van der Waals surface area contributed by atoms with Crippen molar-refractivity contribution in [1.82, 2.24) is 4.98 Å². The van der Waals surface area contributed by atoms with E-state index < -0.39 is 0 Å². The number of aromatic nitrogens is 1. The standard InChI is InChI=1S/C22H22N2O4/c1-26-19-13-15(14-20(27-2)21(19)28-3)6-7-16-5-4-12-23-22(16)24-17-8-10-18(25)11-9-17/h4-14,25H,1-3H3,(H,23,24)/b7-6+. The smallest absolute Gasteiger partial charge is 0.203 e. The lowest BCUT2D eigenvalue weighted by Gasteiger charge is -2.13. The number of phenols is 1. The Bertz CT molecular complexity index is 944. The Morgan fingerprint density at radius 2 is 1.57 bits per heavy atom. The highest BCUT2D eigenvalue weighted by atomic mass is 16.5. The Kier molecular flexibility index (Phi) is 6.01. The van der Waals surface area contributed by atoms with Crippen LogP contribution in [0.4, 0.5) is 11.5 Å². The highest BCUT2D eigenvalue weighted by Crippen LogP contribution is 2.38. The fourth-order valence-corrected chi connectivity index (χ4v) is 2.72. The van der Waals surface area contributed by atoms with Crippen LogP contribution >= 0.6 is 0 Å². The van der Waals surface area contributed by atoms with Crippen molar-refractivity contribution in [1.29, 1.82) is 0 Å². The average Bonchev–Trinajstić information content (AvgIpc) is 2.73. The van der Waals surface area contributed by atoms with E-state index in [0.29, 0.717) is 23.1 Å². The first-order valence-corrected chi connectivity index (χ1v) is 8.63. The summed E-state index contributed by atoms with van der Waals surface area (Å²) in [6.45, 7) is 0. The third-order valence-electron chi connectivity index (χ3n) is 4.11. The van der Waals surface area contributed by atoms with Gasteiger partial charge >= 0.3 is 0 Å². The molecular formula is C22H22N2O4. The van der Waals surface area contributed by atoms with Crippen molar-refractivity contribution in [3.63, 3.8) is 0 Å². The minimum atomic E-state index is 0.217. The SMILES string of the molecule is COc1cc(/C=C/c2cccnc2Nc2ccc(O)cc2)cc(OC)c1OC. The molecule has 1 heterocycles. The topological polar surface area (TPSA) is 72.8 Å². The molecule has 0 radical (unpaired) electrons. The summed E-state index contributed by atoms with van der Waals surface area (Å²) in [5, 5.41) is 12.7. The van der Waals surface area contributed by atoms with E-state index in [-0.39, 0.29) is 5.75 Å². The van der Waals surface area contributed by atoms with E-state index >= 15 is 0 Å². The third-order valence-corrected chi connectivity index (χ3v) is 4.11. The third kappa shape index (κ3) is 4.35. The summed E-state index contributed by atoms with van der Waals surface area (Å²) in [7, 11) is 4.75. The maximum atomic E-state index is 9.43. The molecule has 0 saturated heterocycles. The number of nitrogens with zero attached hydrogens (tertiary/aromatic N) is 1. The van der Waals surface area contributed by atoms with E-state index in [1.165, 1.54) is 0 Å². The van der Waals surface area contributed by atoms with Gasteiger partial charge in [0, 0.05) is 17.4 Å². The minimum absolute atomic E-state index is 0.217. The molecular weight excluding hydrogens is 356 g/mol. The Morgan fingerprint density at radius 1 is 0.893 bits per heavy atom. The summed E-state index contributed by atoms with van der Waals surface area (Å²) < 4.78 is 16.2. The van der Waals surface area contributed by atoms with Crippen molar-refractivity contribution in [2.75, 3.05) is 26.6 Å². The summed E-state index contributed by atoms with van der Waals surface area (Å²) in [5.41, 5.74) is 2.64. The fraction of sp³-hybridized carbons (Fsp3) is 0.136. The van der Waals surface area contributed by atoms with Crippen LogP contribution in [0.15, 0.2) is 54.7 Å². The van der Waals surface area contributed by atoms with Gasteiger partial charge in [-0.3, -0.25) is 0 Å². The van der Waals surface area contributed by atoms with Crippen LogP contribution in [0.1, 0.15) is 11.1 Å². The Morgan fingerprint density at radius 3 is 2.18 bits per heavy atom. The molecule has 6 nitrogen and oxygen atoms in total. The Balaban J connectivity index is 1.89. The van der Waals surface area contributed by atoms with E-state index in [4.69, 9.17) is 14.2 Å². The van der Waals surface area contributed by atoms with Crippen LogP contribution < -0.4 is 19.5 Å². The van der Waals surface area contributed by atoms with Gasteiger partial charge in [-0.1, -0.05) is 12.2 Å². The largest absolute Gasteiger partial charge is 0.508 e. The Labute approximate surface area is 164 Å². The van der Waals surface area contributed by atoms with Gasteiger partial charge in [0.05, 0.1) is 21.3 Å². The molecule has 144 valence electrons. The number of hydrogen-bond donors (Lipinski definition) is 2. The molecule has 2 N–H and O–H groups in total. The number of ether oxygens (including phenoxy) is 3. The maximum Gasteiger partial charge on any atom is 0.203 e. The second-order valence-electron chi connectivity index (χ2n) is 5.91. The number of hydrogen-bond acceptors (Lipinski definition) is 6. The summed E-state index contributed by atoms with van der Waals surface area (Å²) in [6, 6.07) is 14.4. The fourth-order valence-electron chi connectivity index (χ4n) is 2.72. The number of aromatic hydroxyl groups is 1. The quantitative estimate of drug-likeness (QED) is 0.579. The number of pyridine rings is 1. The second kappa shape index (κ2) is 8.81. The first-order valence-electron chi connectivity index (χ1n) is 8.63. The van der Waals surface area contributed by atoms with Crippen molar-refractivity contribution in [2.45, 2.75) is 0 Å². The van der Waals surface area contributed by atoms with Crippen LogP contribution in [0.2, 0.25) is 0 Å². The van der Waals surface area contributed by atoms with Crippen molar-refractivity contribution in [3.8, 4) is 23.0 Å². The van der Waals surface area contributed by atoms with Crippen molar-refractivity contribution < 1.29 is 19.3 Å². The maximum absolute atomic E-state index is 9.43.